The van der Waals surface area contributed by atoms with Crippen LogP contribution in [0, 0.1) is 0 Å². The van der Waals surface area contributed by atoms with Crippen LogP contribution < -0.4 is 5.32 Å². The average Bonchev–Trinajstić information content (AvgIpc) is 2.36. The maximum atomic E-state index is 6.21. The Morgan fingerprint density at radius 3 is 2.47 bits per heavy atom. The third kappa shape index (κ3) is 2.78. The van der Waals surface area contributed by atoms with Gasteiger partial charge < -0.3 is 5.32 Å². The summed E-state index contributed by atoms with van der Waals surface area (Å²) in [4.78, 5) is 4.01. The molecule has 0 amide bonds. The number of hydrogen-bond donors (Lipinski definition) is 1. The fourth-order valence-electron chi connectivity index (χ4n) is 1.79. The smallest absolute Gasteiger partial charge is 0.0590 e. The van der Waals surface area contributed by atoms with E-state index in [4.69, 9.17) is 23.2 Å². The van der Waals surface area contributed by atoms with Gasteiger partial charge in [-0.1, -0.05) is 23.2 Å². The molecule has 1 unspecified atom stereocenters. The molecule has 0 radical (unpaired) electrons. The van der Waals surface area contributed by atoms with Gasteiger partial charge in [-0.25, -0.2) is 0 Å². The highest BCUT2D eigenvalue weighted by Gasteiger charge is 2.15. The van der Waals surface area contributed by atoms with E-state index in [1.807, 2.05) is 31.3 Å². The molecule has 2 nitrogen and oxygen atoms in total. The van der Waals surface area contributed by atoms with E-state index in [9.17, 15) is 0 Å². The highest BCUT2D eigenvalue weighted by atomic mass is 35.5. The number of benzene rings is 1. The molecule has 0 saturated carbocycles. The van der Waals surface area contributed by atoms with Crippen LogP contribution in [-0.2, 0) is 0 Å². The first-order valence-electron chi connectivity index (χ1n) is 5.24. The van der Waals surface area contributed by atoms with E-state index >= 15 is 0 Å². The highest BCUT2D eigenvalue weighted by Crippen LogP contribution is 2.30. The monoisotopic (exact) mass is 266 g/mol. The van der Waals surface area contributed by atoms with Crippen molar-refractivity contribution < 1.29 is 0 Å². The van der Waals surface area contributed by atoms with Gasteiger partial charge >= 0.3 is 0 Å². The molecule has 0 aliphatic rings. The van der Waals surface area contributed by atoms with Crippen LogP contribution in [0.25, 0.3) is 0 Å². The molecular formula is C13H12Cl2N2. The minimum atomic E-state index is 0.0178. The molecule has 0 saturated heterocycles. The molecule has 1 heterocycles. The third-order valence-corrected chi connectivity index (χ3v) is 3.18. The zero-order valence-corrected chi connectivity index (χ0v) is 10.8. The lowest BCUT2D eigenvalue weighted by atomic mass is 10.00. The van der Waals surface area contributed by atoms with Crippen molar-refractivity contribution in [3.05, 3.63) is 63.9 Å². The van der Waals surface area contributed by atoms with Crippen LogP contribution in [0.15, 0.2) is 42.7 Å². The van der Waals surface area contributed by atoms with E-state index in [0.717, 1.165) is 11.1 Å². The first kappa shape index (κ1) is 12.4. The standard InChI is InChI=1S/C13H12Cl2N2/c1-16-13(9-4-6-17-7-5-9)11-8-10(14)2-3-12(11)15/h2-8,13,16H,1H3. The Balaban J connectivity index is 2.46. The van der Waals surface area contributed by atoms with Crippen molar-refractivity contribution in [2.24, 2.45) is 0 Å². The predicted molar refractivity (Wildman–Crippen MR) is 71.6 cm³/mol. The van der Waals surface area contributed by atoms with E-state index in [-0.39, 0.29) is 6.04 Å². The summed E-state index contributed by atoms with van der Waals surface area (Å²) in [6.07, 6.45) is 3.52. The maximum absolute atomic E-state index is 6.21. The van der Waals surface area contributed by atoms with Crippen LogP contribution in [0.3, 0.4) is 0 Å². The zero-order valence-electron chi connectivity index (χ0n) is 9.32. The van der Waals surface area contributed by atoms with Gasteiger partial charge in [0.05, 0.1) is 6.04 Å². The molecule has 1 atom stereocenters. The van der Waals surface area contributed by atoms with Gasteiger partial charge in [-0.3, -0.25) is 4.98 Å². The number of pyridine rings is 1. The van der Waals surface area contributed by atoms with Crippen molar-refractivity contribution in [2.45, 2.75) is 6.04 Å². The van der Waals surface area contributed by atoms with Crippen LogP contribution in [-0.4, -0.2) is 12.0 Å². The summed E-state index contributed by atoms with van der Waals surface area (Å²) in [5.74, 6) is 0. The molecular weight excluding hydrogens is 255 g/mol. The maximum Gasteiger partial charge on any atom is 0.0590 e. The predicted octanol–water partition coefficient (Wildman–Crippen LogP) is 3.70. The van der Waals surface area contributed by atoms with E-state index in [1.54, 1.807) is 18.5 Å². The molecule has 1 aromatic heterocycles. The van der Waals surface area contributed by atoms with Crippen LogP contribution in [0.5, 0.6) is 0 Å². The normalized spacial score (nSPS) is 12.4. The van der Waals surface area contributed by atoms with Gasteiger partial charge in [-0.15, -0.1) is 0 Å². The highest BCUT2D eigenvalue weighted by molar-refractivity contribution is 6.33. The molecule has 88 valence electrons. The molecule has 2 aromatic rings. The average molecular weight is 267 g/mol. The summed E-state index contributed by atoms with van der Waals surface area (Å²) in [5, 5.41) is 4.61. The molecule has 2 rings (SSSR count). The van der Waals surface area contributed by atoms with Crippen molar-refractivity contribution in [1.29, 1.82) is 0 Å². The van der Waals surface area contributed by atoms with Gasteiger partial charge in [0.15, 0.2) is 0 Å². The topological polar surface area (TPSA) is 24.9 Å². The van der Waals surface area contributed by atoms with E-state index in [2.05, 4.69) is 10.3 Å². The molecule has 0 bridgehead atoms. The lowest BCUT2D eigenvalue weighted by Gasteiger charge is -2.18. The van der Waals surface area contributed by atoms with Crippen LogP contribution in [0.4, 0.5) is 0 Å². The Morgan fingerprint density at radius 2 is 1.82 bits per heavy atom. The fraction of sp³-hybridized carbons (Fsp3) is 0.154. The second-order valence-electron chi connectivity index (χ2n) is 3.67. The summed E-state index contributed by atoms with van der Waals surface area (Å²) in [5.41, 5.74) is 2.07. The summed E-state index contributed by atoms with van der Waals surface area (Å²) < 4.78 is 0. The Bertz CT molecular complexity index is 500. The second-order valence-corrected chi connectivity index (χ2v) is 4.51. The SMILES string of the molecule is CNC(c1ccncc1)c1cc(Cl)ccc1Cl. The number of rotatable bonds is 3. The van der Waals surface area contributed by atoms with E-state index < -0.39 is 0 Å². The van der Waals surface area contributed by atoms with Gasteiger partial charge in [-0.2, -0.15) is 0 Å². The largest absolute Gasteiger partial charge is 0.309 e. The van der Waals surface area contributed by atoms with Gasteiger partial charge in [0.2, 0.25) is 0 Å². The number of aromatic nitrogens is 1. The Morgan fingerprint density at radius 1 is 1.12 bits per heavy atom. The van der Waals surface area contributed by atoms with Crippen molar-refractivity contribution in [3.63, 3.8) is 0 Å². The fourth-order valence-corrected chi connectivity index (χ4v) is 2.20. The summed E-state index contributed by atoms with van der Waals surface area (Å²) >= 11 is 12.2. The Hall–Kier alpha value is -1.09. The third-order valence-electron chi connectivity index (χ3n) is 2.60. The summed E-state index contributed by atoms with van der Waals surface area (Å²) in [6.45, 7) is 0. The first-order valence-corrected chi connectivity index (χ1v) is 6.00. The summed E-state index contributed by atoms with van der Waals surface area (Å²) in [6, 6.07) is 9.41. The van der Waals surface area contributed by atoms with Crippen LogP contribution >= 0.6 is 23.2 Å². The van der Waals surface area contributed by atoms with Gasteiger partial charge in [0, 0.05) is 22.4 Å². The molecule has 17 heavy (non-hydrogen) atoms. The number of nitrogens with one attached hydrogen (secondary N) is 1. The van der Waals surface area contributed by atoms with Crippen LogP contribution in [0.2, 0.25) is 10.0 Å². The molecule has 0 aliphatic carbocycles. The van der Waals surface area contributed by atoms with Crippen LogP contribution in [0.1, 0.15) is 17.2 Å². The molecule has 1 aromatic carbocycles. The molecule has 1 N–H and O–H groups in total. The number of halogens is 2. The lowest BCUT2D eigenvalue weighted by Crippen LogP contribution is -2.18. The molecule has 0 aliphatic heterocycles. The Labute approximate surface area is 111 Å². The van der Waals surface area contributed by atoms with Crippen molar-refractivity contribution in [2.75, 3.05) is 7.05 Å². The molecule has 0 fully saturated rings. The second kappa shape index (κ2) is 5.50. The van der Waals surface area contributed by atoms with Gasteiger partial charge in [0.1, 0.15) is 0 Å². The quantitative estimate of drug-likeness (QED) is 0.917. The first-order chi connectivity index (χ1) is 8.22. The van der Waals surface area contributed by atoms with Gasteiger partial charge in [-0.05, 0) is 48.5 Å². The van der Waals surface area contributed by atoms with Crippen molar-refractivity contribution in [3.8, 4) is 0 Å². The zero-order chi connectivity index (χ0) is 12.3. The van der Waals surface area contributed by atoms with E-state index in [1.165, 1.54) is 0 Å². The van der Waals surface area contributed by atoms with Gasteiger partial charge in [0.25, 0.3) is 0 Å². The number of nitrogens with zero attached hydrogens (tertiary/aromatic N) is 1. The molecule has 0 spiro atoms. The van der Waals surface area contributed by atoms with Crippen molar-refractivity contribution >= 4 is 23.2 Å². The van der Waals surface area contributed by atoms with E-state index in [0.29, 0.717) is 10.0 Å². The Kier molecular flexibility index (Phi) is 4.00. The number of hydrogen-bond acceptors (Lipinski definition) is 2. The lowest BCUT2D eigenvalue weighted by molar-refractivity contribution is 0.691. The minimum absolute atomic E-state index is 0.0178. The molecule has 4 heteroatoms. The van der Waals surface area contributed by atoms with Crippen molar-refractivity contribution in [1.82, 2.24) is 10.3 Å². The summed E-state index contributed by atoms with van der Waals surface area (Å²) in [7, 11) is 1.89. The minimum Gasteiger partial charge on any atom is -0.309 e.